The van der Waals surface area contributed by atoms with Gasteiger partial charge in [0, 0.05) is 0 Å². The van der Waals surface area contributed by atoms with Gasteiger partial charge in [0.25, 0.3) is 0 Å². The minimum absolute atomic E-state index is 0.416. The van der Waals surface area contributed by atoms with E-state index in [-0.39, 0.29) is 0 Å². The zero-order chi connectivity index (χ0) is 13.5. The van der Waals surface area contributed by atoms with Gasteiger partial charge in [0.2, 0.25) is 0 Å². The molecule has 0 saturated heterocycles. The summed E-state index contributed by atoms with van der Waals surface area (Å²) in [5.41, 5.74) is 2.65. The Hall–Kier alpha value is -1.34. The van der Waals surface area contributed by atoms with Crippen LogP contribution in [0.5, 0.6) is 0 Å². The molecule has 0 unspecified atom stereocenters. The number of hydrogen-bond donors (Lipinski definition) is 0. The quantitative estimate of drug-likeness (QED) is 0.380. The summed E-state index contributed by atoms with van der Waals surface area (Å²) in [6, 6.07) is 24.0. The molecule has 0 aliphatic heterocycles. The van der Waals surface area contributed by atoms with Gasteiger partial charge in [-0.15, -0.1) is 0 Å². The first-order chi connectivity index (χ1) is 9.83. The molecule has 3 aromatic carbocycles. The number of fused-ring (bicyclic) bond motifs is 3. The SMILES string of the molecule is Brc1ccc2c(c1)[se]c1cccc(-c3ccccc3)c12. The summed E-state index contributed by atoms with van der Waals surface area (Å²) in [4.78, 5) is 0. The molecule has 0 fully saturated rings. The van der Waals surface area contributed by atoms with Gasteiger partial charge in [0.1, 0.15) is 0 Å². The maximum atomic E-state index is 3.58. The average Bonchev–Trinajstić information content (AvgIpc) is 2.85. The summed E-state index contributed by atoms with van der Waals surface area (Å²) in [6.07, 6.45) is 0. The molecule has 4 aromatic rings. The van der Waals surface area contributed by atoms with E-state index >= 15 is 0 Å². The predicted molar refractivity (Wildman–Crippen MR) is 91.5 cm³/mol. The Morgan fingerprint density at radius 2 is 1.60 bits per heavy atom. The van der Waals surface area contributed by atoms with Gasteiger partial charge in [-0.25, -0.2) is 0 Å². The van der Waals surface area contributed by atoms with Crippen LogP contribution >= 0.6 is 15.9 Å². The van der Waals surface area contributed by atoms with Crippen molar-refractivity contribution in [3.05, 3.63) is 71.2 Å². The molecule has 2 heteroatoms. The monoisotopic (exact) mass is 386 g/mol. The molecule has 1 heterocycles. The van der Waals surface area contributed by atoms with E-state index in [1.165, 1.54) is 34.9 Å². The van der Waals surface area contributed by atoms with Crippen molar-refractivity contribution in [1.82, 2.24) is 0 Å². The van der Waals surface area contributed by atoms with Gasteiger partial charge in [-0.1, -0.05) is 0 Å². The van der Waals surface area contributed by atoms with Gasteiger partial charge in [0.15, 0.2) is 0 Å². The Morgan fingerprint density at radius 1 is 0.750 bits per heavy atom. The molecule has 0 saturated carbocycles. The van der Waals surface area contributed by atoms with E-state index < -0.39 is 0 Å². The Morgan fingerprint density at radius 3 is 2.45 bits per heavy atom. The third kappa shape index (κ3) is 1.96. The first kappa shape index (κ1) is 12.4. The van der Waals surface area contributed by atoms with E-state index in [0.717, 1.165) is 0 Å². The second kappa shape index (κ2) is 4.89. The van der Waals surface area contributed by atoms with Crippen molar-refractivity contribution in [1.29, 1.82) is 0 Å². The number of hydrogen-bond acceptors (Lipinski definition) is 0. The van der Waals surface area contributed by atoms with Crippen LogP contribution in [0, 0.1) is 0 Å². The Kier molecular flexibility index (Phi) is 3.03. The summed E-state index contributed by atoms with van der Waals surface area (Å²) in [6.45, 7) is 0. The van der Waals surface area contributed by atoms with Gasteiger partial charge in [-0.2, -0.15) is 0 Å². The van der Waals surface area contributed by atoms with Crippen LogP contribution < -0.4 is 0 Å². The maximum absolute atomic E-state index is 3.58. The van der Waals surface area contributed by atoms with Gasteiger partial charge < -0.3 is 0 Å². The number of halogens is 1. The Labute approximate surface area is 131 Å². The van der Waals surface area contributed by atoms with E-state index in [1.807, 2.05) is 0 Å². The van der Waals surface area contributed by atoms with Crippen LogP contribution in [0.1, 0.15) is 0 Å². The molecular formula is C18H11BrSe. The van der Waals surface area contributed by atoms with Gasteiger partial charge in [-0.05, 0) is 0 Å². The molecule has 0 radical (unpaired) electrons. The van der Waals surface area contributed by atoms with Crippen LogP contribution in [-0.4, -0.2) is 14.5 Å². The third-order valence-electron chi connectivity index (χ3n) is 3.54. The molecule has 1 aromatic heterocycles. The fraction of sp³-hybridized carbons (Fsp3) is 0. The second-order valence-corrected chi connectivity index (χ2v) is 7.98. The van der Waals surface area contributed by atoms with Gasteiger partial charge >= 0.3 is 132 Å². The van der Waals surface area contributed by atoms with Crippen molar-refractivity contribution in [2.24, 2.45) is 0 Å². The molecule has 0 bridgehead atoms. The summed E-state index contributed by atoms with van der Waals surface area (Å²) in [5.74, 6) is 0. The summed E-state index contributed by atoms with van der Waals surface area (Å²) < 4.78 is 4.14. The predicted octanol–water partition coefficient (Wildman–Crippen LogP) is 5.48. The molecule has 96 valence electrons. The molecule has 0 spiro atoms. The molecule has 0 N–H and O–H groups in total. The van der Waals surface area contributed by atoms with Crippen molar-refractivity contribution in [2.75, 3.05) is 0 Å². The van der Waals surface area contributed by atoms with E-state index in [1.54, 1.807) is 0 Å². The molecule has 0 aliphatic carbocycles. The molecule has 0 atom stereocenters. The normalized spacial score (nSPS) is 11.2. The van der Waals surface area contributed by atoms with E-state index in [4.69, 9.17) is 0 Å². The second-order valence-electron chi connectivity index (χ2n) is 4.79. The van der Waals surface area contributed by atoms with Crippen LogP contribution in [0.25, 0.3) is 30.4 Å². The van der Waals surface area contributed by atoms with Gasteiger partial charge in [-0.3, -0.25) is 0 Å². The third-order valence-corrected chi connectivity index (χ3v) is 6.38. The topological polar surface area (TPSA) is 0 Å². The molecule has 20 heavy (non-hydrogen) atoms. The van der Waals surface area contributed by atoms with Gasteiger partial charge in [0.05, 0.1) is 0 Å². The van der Waals surface area contributed by atoms with Crippen LogP contribution in [0.15, 0.2) is 71.2 Å². The van der Waals surface area contributed by atoms with Crippen LogP contribution in [0.3, 0.4) is 0 Å². The number of benzene rings is 3. The van der Waals surface area contributed by atoms with Crippen LogP contribution in [0.2, 0.25) is 0 Å². The zero-order valence-electron chi connectivity index (χ0n) is 10.6. The fourth-order valence-electron chi connectivity index (χ4n) is 2.66. The van der Waals surface area contributed by atoms with E-state index in [2.05, 4.69) is 82.7 Å². The molecule has 4 rings (SSSR count). The summed E-state index contributed by atoms with van der Waals surface area (Å²) in [5, 5.41) is 2.84. The Bertz CT molecular complexity index is 907. The van der Waals surface area contributed by atoms with E-state index in [9.17, 15) is 0 Å². The summed E-state index contributed by atoms with van der Waals surface area (Å²) in [7, 11) is 0. The van der Waals surface area contributed by atoms with Crippen LogP contribution in [0.4, 0.5) is 0 Å². The standard InChI is InChI=1S/C18H11BrSe/c19-13-9-10-15-17(11-13)20-16-8-4-7-14(18(15)16)12-5-2-1-3-6-12/h1-11H. The zero-order valence-corrected chi connectivity index (χ0v) is 13.9. The van der Waals surface area contributed by atoms with Crippen molar-refractivity contribution in [3.8, 4) is 11.1 Å². The van der Waals surface area contributed by atoms with Crippen molar-refractivity contribution < 1.29 is 0 Å². The number of rotatable bonds is 1. The molecular weight excluding hydrogens is 375 g/mol. The molecule has 0 aliphatic rings. The van der Waals surface area contributed by atoms with Crippen molar-refractivity contribution in [2.45, 2.75) is 0 Å². The fourth-order valence-corrected chi connectivity index (χ4v) is 5.82. The van der Waals surface area contributed by atoms with E-state index in [0.29, 0.717) is 14.5 Å². The van der Waals surface area contributed by atoms with Crippen LogP contribution in [-0.2, 0) is 0 Å². The molecule has 0 amide bonds. The first-order valence-electron chi connectivity index (χ1n) is 6.49. The molecule has 0 nitrogen and oxygen atoms in total. The average molecular weight is 386 g/mol. The summed E-state index contributed by atoms with van der Waals surface area (Å²) >= 11 is 4.00. The minimum atomic E-state index is 0.416. The van der Waals surface area contributed by atoms with Crippen molar-refractivity contribution in [3.63, 3.8) is 0 Å². The first-order valence-corrected chi connectivity index (χ1v) is 9.00. The van der Waals surface area contributed by atoms with Crippen molar-refractivity contribution >= 4 is 49.7 Å². The Balaban J connectivity index is 2.14.